The van der Waals surface area contributed by atoms with Gasteiger partial charge in [0.25, 0.3) is 0 Å². The quantitative estimate of drug-likeness (QED) is 0.328. The Hall–Kier alpha value is -2.04. The summed E-state index contributed by atoms with van der Waals surface area (Å²) >= 11 is 11.9. The molecule has 2 rings (SSSR count). The molecule has 0 radical (unpaired) electrons. The summed E-state index contributed by atoms with van der Waals surface area (Å²) < 4.78 is 5.58. The number of hydrazone groups is 1. The molecule has 0 aliphatic carbocycles. The Balaban J connectivity index is 1.82. The first kappa shape index (κ1) is 21.3. The lowest BCUT2D eigenvalue weighted by atomic mass is 10.0. The van der Waals surface area contributed by atoms with E-state index in [1.165, 1.54) is 0 Å². The molecule has 0 aromatic heterocycles. The molecular weight excluding hydrogens is 383 g/mol. The molecule has 1 amide bonds. The van der Waals surface area contributed by atoms with Gasteiger partial charge in [-0.1, -0.05) is 67.4 Å². The highest BCUT2D eigenvalue weighted by Crippen LogP contribution is 2.27. The SMILES string of the molecule is CC(C)CC(=NNC(=O)CCCOc1ccc(Cl)cc1Cl)c1ccccc1. The van der Waals surface area contributed by atoms with Crippen molar-refractivity contribution in [3.8, 4) is 5.75 Å². The van der Waals surface area contributed by atoms with Crippen LogP contribution in [0.3, 0.4) is 0 Å². The van der Waals surface area contributed by atoms with Crippen LogP contribution < -0.4 is 10.2 Å². The fourth-order valence-corrected chi connectivity index (χ4v) is 2.90. The predicted octanol–water partition coefficient (Wildman–Crippen LogP) is 5.72. The van der Waals surface area contributed by atoms with Crippen molar-refractivity contribution in [1.82, 2.24) is 5.43 Å². The largest absolute Gasteiger partial charge is 0.492 e. The van der Waals surface area contributed by atoms with E-state index in [1.54, 1.807) is 18.2 Å². The second kappa shape index (κ2) is 11.0. The van der Waals surface area contributed by atoms with Crippen LogP contribution in [0.2, 0.25) is 10.0 Å². The molecule has 0 bridgehead atoms. The zero-order valence-electron chi connectivity index (χ0n) is 15.5. The van der Waals surface area contributed by atoms with Crippen LogP contribution in [0.25, 0.3) is 0 Å². The van der Waals surface area contributed by atoms with Gasteiger partial charge in [0.05, 0.1) is 17.3 Å². The maximum Gasteiger partial charge on any atom is 0.240 e. The van der Waals surface area contributed by atoms with Crippen LogP contribution in [0.5, 0.6) is 5.75 Å². The number of rotatable bonds is 9. The number of carbonyl (C=O) groups excluding carboxylic acids is 1. The van der Waals surface area contributed by atoms with E-state index in [0.29, 0.717) is 41.2 Å². The third-order valence-corrected chi connectivity index (χ3v) is 4.25. The molecular formula is C21H24Cl2N2O2. The first-order chi connectivity index (χ1) is 13.0. The Bertz CT molecular complexity index is 777. The number of halogens is 2. The molecule has 2 aromatic rings. The fourth-order valence-electron chi connectivity index (χ4n) is 2.44. The Labute approximate surface area is 170 Å². The molecule has 144 valence electrons. The lowest BCUT2D eigenvalue weighted by Crippen LogP contribution is -2.21. The van der Waals surface area contributed by atoms with Crippen LogP contribution in [-0.4, -0.2) is 18.2 Å². The summed E-state index contributed by atoms with van der Waals surface area (Å²) in [7, 11) is 0. The monoisotopic (exact) mass is 406 g/mol. The molecule has 0 saturated heterocycles. The molecule has 0 heterocycles. The topological polar surface area (TPSA) is 50.7 Å². The molecule has 4 nitrogen and oxygen atoms in total. The minimum absolute atomic E-state index is 0.141. The zero-order chi connectivity index (χ0) is 19.6. The van der Waals surface area contributed by atoms with Crippen molar-refractivity contribution in [3.63, 3.8) is 0 Å². The van der Waals surface area contributed by atoms with Crippen molar-refractivity contribution in [2.24, 2.45) is 11.0 Å². The van der Waals surface area contributed by atoms with Crippen LogP contribution in [0, 0.1) is 5.92 Å². The van der Waals surface area contributed by atoms with E-state index in [4.69, 9.17) is 27.9 Å². The first-order valence-corrected chi connectivity index (χ1v) is 9.70. The summed E-state index contributed by atoms with van der Waals surface area (Å²) in [6.45, 7) is 4.63. The van der Waals surface area contributed by atoms with E-state index in [-0.39, 0.29) is 5.91 Å². The summed E-state index contributed by atoms with van der Waals surface area (Å²) in [6.07, 6.45) is 1.67. The molecule has 6 heteroatoms. The van der Waals surface area contributed by atoms with Crippen LogP contribution in [-0.2, 0) is 4.79 Å². The van der Waals surface area contributed by atoms with Crippen molar-refractivity contribution in [3.05, 3.63) is 64.1 Å². The minimum atomic E-state index is -0.141. The van der Waals surface area contributed by atoms with E-state index in [0.717, 1.165) is 17.7 Å². The molecule has 0 aliphatic heterocycles. The minimum Gasteiger partial charge on any atom is -0.492 e. The van der Waals surface area contributed by atoms with Crippen LogP contribution in [0.4, 0.5) is 0 Å². The van der Waals surface area contributed by atoms with Gasteiger partial charge in [-0.15, -0.1) is 0 Å². The van der Waals surface area contributed by atoms with E-state index >= 15 is 0 Å². The van der Waals surface area contributed by atoms with Gasteiger partial charge in [0, 0.05) is 11.4 Å². The molecule has 0 saturated carbocycles. The number of hydrogen-bond acceptors (Lipinski definition) is 3. The van der Waals surface area contributed by atoms with Gasteiger partial charge in [0.1, 0.15) is 5.75 Å². The molecule has 0 fully saturated rings. The Morgan fingerprint density at radius 3 is 2.56 bits per heavy atom. The van der Waals surface area contributed by atoms with Gasteiger partial charge in [-0.3, -0.25) is 4.79 Å². The zero-order valence-corrected chi connectivity index (χ0v) is 17.1. The number of nitrogens with zero attached hydrogens (tertiary/aromatic N) is 1. The van der Waals surface area contributed by atoms with Crippen molar-refractivity contribution in [2.75, 3.05) is 6.61 Å². The normalized spacial score (nSPS) is 11.5. The van der Waals surface area contributed by atoms with Gasteiger partial charge < -0.3 is 4.74 Å². The molecule has 27 heavy (non-hydrogen) atoms. The van der Waals surface area contributed by atoms with Crippen LogP contribution in [0.15, 0.2) is 53.6 Å². The molecule has 0 unspecified atom stereocenters. The van der Waals surface area contributed by atoms with E-state index < -0.39 is 0 Å². The third kappa shape index (κ3) is 7.61. The smallest absolute Gasteiger partial charge is 0.240 e. The van der Waals surface area contributed by atoms with Gasteiger partial charge in [-0.25, -0.2) is 5.43 Å². The number of carbonyl (C=O) groups is 1. The number of hydrogen-bond donors (Lipinski definition) is 1. The Morgan fingerprint density at radius 2 is 1.89 bits per heavy atom. The van der Waals surface area contributed by atoms with E-state index in [1.807, 2.05) is 30.3 Å². The first-order valence-electron chi connectivity index (χ1n) is 8.94. The van der Waals surface area contributed by atoms with Gasteiger partial charge >= 0.3 is 0 Å². The standard InChI is InChI=1S/C21H24Cl2N2O2/c1-15(2)13-19(16-7-4-3-5-8-16)24-25-21(26)9-6-12-27-20-11-10-17(22)14-18(20)23/h3-5,7-8,10-11,14-15H,6,9,12-13H2,1-2H3,(H,25,26). The van der Waals surface area contributed by atoms with Gasteiger partial charge in [-0.05, 0) is 42.5 Å². The van der Waals surface area contributed by atoms with E-state index in [9.17, 15) is 4.79 Å². The molecule has 2 aromatic carbocycles. The van der Waals surface area contributed by atoms with E-state index in [2.05, 4.69) is 24.4 Å². The summed E-state index contributed by atoms with van der Waals surface area (Å²) in [5, 5.41) is 5.35. The van der Waals surface area contributed by atoms with Crippen LogP contribution >= 0.6 is 23.2 Å². The second-order valence-electron chi connectivity index (χ2n) is 6.58. The van der Waals surface area contributed by atoms with Gasteiger partial charge in [0.2, 0.25) is 5.91 Å². The highest BCUT2D eigenvalue weighted by Gasteiger charge is 2.08. The average Bonchev–Trinajstić information content (AvgIpc) is 2.64. The summed E-state index contributed by atoms with van der Waals surface area (Å²) in [5.41, 5.74) is 4.55. The summed E-state index contributed by atoms with van der Waals surface area (Å²) in [5.74, 6) is 0.860. The van der Waals surface area contributed by atoms with Crippen molar-refractivity contribution < 1.29 is 9.53 Å². The second-order valence-corrected chi connectivity index (χ2v) is 7.43. The highest BCUT2D eigenvalue weighted by atomic mass is 35.5. The molecule has 0 atom stereocenters. The maximum absolute atomic E-state index is 12.1. The average molecular weight is 407 g/mol. The Kier molecular flexibility index (Phi) is 8.62. The van der Waals surface area contributed by atoms with Gasteiger partial charge in [-0.2, -0.15) is 5.10 Å². The summed E-state index contributed by atoms with van der Waals surface area (Å²) in [6, 6.07) is 14.9. The van der Waals surface area contributed by atoms with Crippen molar-refractivity contribution >= 4 is 34.8 Å². The van der Waals surface area contributed by atoms with Crippen molar-refractivity contribution in [1.29, 1.82) is 0 Å². The number of ether oxygens (including phenoxy) is 1. The lowest BCUT2D eigenvalue weighted by Gasteiger charge is -2.10. The molecule has 0 spiro atoms. The lowest BCUT2D eigenvalue weighted by molar-refractivity contribution is -0.121. The highest BCUT2D eigenvalue weighted by molar-refractivity contribution is 6.35. The number of benzene rings is 2. The predicted molar refractivity (Wildman–Crippen MR) is 112 cm³/mol. The molecule has 1 N–H and O–H groups in total. The van der Waals surface area contributed by atoms with Crippen molar-refractivity contribution in [2.45, 2.75) is 33.1 Å². The number of amides is 1. The van der Waals surface area contributed by atoms with Crippen LogP contribution in [0.1, 0.15) is 38.7 Å². The third-order valence-electron chi connectivity index (χ3n) is 3.72. The molecule has 0 aliphatic rings. The van der Waals surface area contributed by atoms with Gasteiger partial charge in [0.15, 0.2) is 0 Å². The Morgan fingerprint density at radius 1 is 1.15 bits per heavy atom. The maximum atomic E-state index is 12.1. The summed E-state index contributed by atoms with van der Waals surface area (Å²) in [4.78, 5) is 12.1. The number of nitrogens with one attached hydrogen (secondary N) is 1. The fraction of sp³-hybridized carbons (Fsp3) is 0.333.